The van der Waals surface area contributed by atoms with Crippen LogP contribution in [-0.2, 0) is 16.8 Å². The maximum Gasteiger partial charge on any atom is 0.305 e. The zero-order chi connectivity index (χ0) is 20.6. The second-order valence-corrected chi connectivity index (χ2v) is 8.92. The van der Waals surface area contributed by atoms with Gasteiger partial charge in [0, 0.05) is 31.7 Å². The highest BCUT2D eigenvalue weighted by atomic mass is 16.7. The Bertz CT molecular complexity index is 997. The van der Waals surface area contributed by atoms with Gasteiger partial charge in [0.1, 0.15) is 5.54 Å². The fourth-order valence-corrected chi connectivity index (χ4v) is 5.34. The highest BCUT2D eigenvalue weighted by molar-refractivity contribution is 5.88. The van der Waals surface area contributed by atoms with E-state index in [1.165, 1.54) is 24.8 Å². The molecule has 3 aliphatic rings. The normalized spacial score (nSPS) is 24.0. The van der Waals surface area contributed by atoms with E-state index >= 15 is 0 Å². The summed E-state index contributed by atoms with van der Waals surface area (Å²) in [7, 11) is 0. The van der Waals surface area contributed by atoms with E-state index in [4.69, 9.17) is 9.47 Å². The van der Waals surface area contributed by atoms with Crippen LogP contribution in [0.25, 0.3) is 0 Å². The van der Waals surface area contributed by atoms with Gasteiger partial charge in [0.2, 0.25) is 12.3 Å². The Labute approximate surface area is 176 Å². The SMILES string of the molecule is C[C@@]1(C(=O)N/N=C\c2ccc3c(c2)OCO3)[NH2+]C2(CCCCC2)Cc2ccccc21. The number of hydrazone groups is 1. The third-order valence-corrected chi connectivity index (χ3v) is 6.81. The lowest BCUT2D eigenvalue weighted by Crippen LogP contribution is -3.08. The molecule has 0 aromatic heterocycles. The van der Waals surface area contributed by atoms with E-state index in [2.05, 4.69) is 34.0 Å². The summed E-state index contributed by atoms with van der Waals surface area (Å²) in [6.07, 6.45) is 8.76. The molecule has 2 aromatic carbocycles. The first-order chi connectivity index (χ1) is 14.6. The number of nitrogens with two attached hydrogens (primary N) is 1. The van der Waals surface area contributed by atoms with Crippen LogP contribution in [0.15, 0.2) is 47.6 Å². The van der Waals surface area contributed by atoms with Gasteiger partial charge in [-0.3, -0.25) is 4.79 Å². The number of quaternary nitrogens is 1. The minimum atomic E-state index is -0.696. The number of carbonyl (C=O) groups is 1. The van der Waals surface area contributed by atoms with Crippen molar-refractivity contribution >= 4 is 12.1 Å². The van der Waals surface area contributed by atoms with Gasteiger partial charge in [-0.1, -0.05) is 30.7 Å². The summed E-state index contributed by atoms with van der Waals surface area (Å²) in [4.78, 5) is 13.4. The lowest BCUT2D eigenvalue weighted by molar-refractivity contribution is -0.788. The topological polar surface area (TPSA) is 76.5 Å². The van der Waals surface area contributed by atoms with Crippen LogP contribution < -0.4 is 20.2 Å². The van der Waals surface area contributed by atoms with Crippen molar-refractivity contribution in [2.75, 3.05) is 6.79 Å². The summed E-state index contributed by atoms with van der Waals surface area (Å²) >= 11 is 0. The lowest BCUT2D eigenvalue weighted by atomic mass is 9.69. The Balaban J connectivity index is 1.38. The minimum Gasteiger partial charge on any atom is -0.454 e. The number of hydrogen-bond donors (Lipinski definition) is 2. The summed E-state index contributed by atoms with van der Waals surface area (Å²) < 4.78 is 10.7. The lowest BCUT2D eigenvalue weighted by Gasteiger charge is -2.46. The molecule has 1 atom stereocenters. The maximum atomic E-state index is 13.4. The Morgan fingerprint density at radius 3 is 2.77 bits per heavy atom. The average molecular weight is 407 g/mol. The molecule has 1 spiro atoms. The molecule has 0 saturated heterocycles. The average Bonchev–Trinajstić information content (AvgIpc) is 3.22. The molecule has 0 unspecified atom stereocenters. The number of nitrogens with one attached hydrogen (secondary N) is 1. The molecule has 30 heavy (non-hydrogen) atoms. The predicted octanol–water partition coefficient (Wildman–Crippen LogP) is 2.60. The minimum absolute atomic E-state index is 0.0865. The van der Waals surface area contributed by atoms with Crippen LogP contribution in [0, 0.1) is 0 Å². The summed E-state index contributed by atoms with van der Waals surface area (Å²) in [5.74, 6) is 1.34. The second kappa shape index (κ2) is 7.43. The first-order valence-corrected chi connectivity index (χ1v) is 10.8. The number of ether oxygens (including phenoxy) is 2. The van der Waals surface area contributed by atoms with Crippen LogP contribution in [0.4, 0.5) is 0 Å². The number of hydrogen-bond acceptors (Lipinski definition) is 4. The molecule has 5 rings (SSSR count). The Hall–Kier alpha value is -2.86. The van der Waals surface area contributed by atoms with Crippen LogP contribution in [-0.4, -0.2) is 24.5 Å². The smallest absolute Gasteiger partial charge is 0.305 e. The van der Waals surface area contributed by atoms with Gasteiger partial charge in [0.15, 0.2) is 11.5 Å². The molecule has 6 heteroatoms. The standard InChI is InChI=1S/C24H27N3O3/c1-23(22(28)26-25-15-17-9-10-20-21(13-17)30-16-29-20)19-8-4-3-7-18(19)14-24(27-23)11-5-2-6-12-24/h3-4,7-10,13,15,27H,2,5-6,11-12,14,16H2,1H3,(H,26,28)/p+1/b25-15-/t23-/m1/s1. The maximum absolute atomic E-state index is 13.4. The van der Waals surface area contributed by atoms with E-state index in [0.717, 1.165) is 36.1 Å². The predicted molar refractivity (Wildman–Crippen MR) is 114 cm³/mol. The van der Waals surface area contributed by atoms with E-state index in [0.29, 0.717) is 5.75 Å². The van der Waals surface area contributed by atoms with Gasteiger partial charge in [-0.2, -0.15) is 5.10 Å². The highest BCUT2D eigenvalue weighted by Gasteiger charge is 2.52. The third kappa shape index (κ3) is 3.35. The van der Waals surface area contributed by atoms with Crippen molar-refractivity contribution in [2.45, 2.75) is 56.5 Å². The first kappa shape index (κ1) is 19.1. The molecule has 0 bridgehead atoms. The summed E-state index contributed by atoms with van der Waals surface area (Å²) in [6, 6.07) is 14.0. The summed E-state index contributed by atoms with van der Waals surface area (Å²) in [5.41, 5.74) is 5.45. The number of benzene rings is 2. The van der Waals surface area contributed by atoms with E-state index in [-0.39, 0.29) is 18.2 Å². The third-order valence-electron chi connectivity index (χ3n) is 6.81. The van der Waals surface area contributed by atoms with Gasteiger partial charge in [0.25, 0.3) is 0 Å². The molecule has 3 N–H and O–H groups in total. The number of carbonyl (C=O) groups excluding carboxylic acids is 1. The Kier molecular flexibility index (Phi) is 4.74. The number of fused-ring (bicyclic) bond motifs is 2. The van der Waals surface area contributed by atoms with Gasteiger partial charge in [-0.25, -0.2) is 5.43 Å². The molecular formula is C24H28N3O3+. The zero-order valence-electron chi connectivity index (χ0n) is 17.3. The quantitative estimate of drug-likeness (QED) is 0.608. The molecule has 1 aliphatic carbocycles. The first-order valence-electron chi connectivity index (χ1n) is 10.8. The van der Waals surface area contributed by atoms with Crippen molar-refractivity contribution in [2.24, 2.45) is 5.10 Å². The second-order valence-electron chi connectivity index (χ2n) is 8.92. The van der Waals surface area contributed by atoms with E-state index in [1.807, 2.05) is 31.2 Å². The molecule has 156 valence electrons. The molecule has 6 nitrogen and oxygen atoms in total. The summed E-state index contributed by atoms with van der Waals surface area (Å²) in [6.45, 7) is 2.27. The van der Waals surface area contributed by atoms with Crippen molar-refractivity contribution < 1.29 is 19.6 Å². The fraction of sp³-hybridized carbons (Fsp3) is 0.417. The molecule has 1 amide bonds. The van der Waals surface area contributed by atoms with Gasteiger partial charge < -0.3 is 14.8 Å². The van der Waals surface area contributed by atoms with Crippen LogP contribution in [0.3, 0.4) is 0 Å². The van der Waals surface area contributed by atoms with Crippen LogP contribution in [0.1, 0.15) is 55.7 Å². The molecule has 0 radical (unpaired) electrons. The highest BCUT2D eigenvalue weighted by Crippen LogP contribution is 2.36. The molecule has 2 aromatic rings. The largest absolute Gasteiger partial charge is 0.454 e. The van der Waals surface area contributed by atoms with Crippen LogP contribution in [0.5, 0.6) is 11.5 Å². The fourth-order valence-electron chi connectivity index (χ4n) is 5.34. The number of rotatable bonds is 3. The monoisotopic (exact) mass is 406 g/mol. The van der Waals surface area contributed by atoms with E-state index in [9.17, 15) is 4.79 Å². The Morgan fingerprint density at radius 1 is 1.10 bits per heavy atom. The van der Waals surface area contributed by atoms with Crippen molar-refractivity contribution in [3.8, 4) is 11.5 Å². The van der Waals surface area contributed by atoms with Gasteiger partial charge in [-0.05, 0) is 42.2 Å². The van der Waals surface area contributed by atoms with E-state index < -0.39 is 5.54 Å². The van der Waals surface area contributed by atoms with Gasteiger partial charge >= 0.3 is 5.91 Å². The molecule has 2 aliphatic heterocycles. The van der Waals surface area contributed by atoms with Crippen LogP contribution in [0.2, 0.25) is 0 Å². The van der Waals surface area contributed by atoms with Crippen molar-refractivity contribution in [1.29, 1.82) is 0 Å². The van der Waals surface area contributed by atoms with Crippen LogP contribution >= 0.6 is 0 Å². The van der Waals surface area contributed by atoms with Crippen molar-refractivity contribution in [3.63, 3.8) is 0 Å². The molecule has 1 saturated carbocycles. The molecular weight excluding hydrogens is 378 g/mol. The number of amides is 1. The van der Waals surface area contributed by atoms with Gasteiger partial charge in [0.05, 0.1) is 6.21 Å². The summed E-state index contributed by atoms with van der Waals surface area (Å²) in [5, 5.41) is 6.58. The van der Waals surface area contributed by atoms with Gasteiger partial charge in [-0.15, -0.1) is 0 Å². The van der Waals surface area contributed by atoms with E-state index in [1.54, 1.807) is 6.21 Å². The Morgan fingerprint density at radius 2 is 1.90 bits per heavy atom. The molecule has 1 fully saturated rings. The molecule has 2 heterocycles. The van der Waals surface area contributed by atoms with Crippen molar-refractivity contribution in [3.05, 3.63) is 59.2 Å². The number of nitrogens with zero attached hydrogens (tertiary/aromatic N) is 1. The zero-order valence-corrected chi connectivity index (χ0v) is 17.3. The van der Waals surface area contributed by atoms with Crippen molar-refractivity contribution in [1.82, 2.24) is 5.43 Å².